The number of ether oxygens (including phenoxy) is 3. The van der Waals surface area contributed by atoms with Crippen molar-refractivity contribution in [2.75, 3.05) is 20.8 Å². The van der Waals surface area contributed by atoms with Gasteiger partial charge in [0.2, 0.25) is 0 Å². The first-order chi connectivity index (χ1) is 15.8. The summed E-state index contributed by atoms with van der Waals surface area (Å²) in [6.07, 6.45) is 0.935. The minimum atomic E-state index is 0.264. The van der Waals surface area contributed by atoms with Crippen LogP contribution in [0.25, 0.3) is 5.69 Å². The summed E-state index contributed by atoms with van der Waals surface area (Å²) in [7, 11) is 3.29. The minimum absolute atomic E-state index is 0.264. The third kappa shape index (κ3) is 5.22. The maximum Gasteiger partial charge on any atom is 0.346 e. The number of hydrogen-bond acceptors (Lipinski definition) is 7. The van der Waals surface area contributed by atoms with Crippen molar-refractivity contribution in [1.29, 1.82) is 0 Å². The van der Waals surface area contributed by atoms with Crippen LogP contribution in [0.5, 0.6) is 23.3 Å². The standard InChI is InChI=1S/C24H25N5O3/c1-30-21-11-8-18(9-12-21)14-15-25-17-19-10-13-22(23(16-19)31-2)32-24-26-27-28-29(24)20-6-4-3-5-7-20/h3-13,16,25H,14-15,17H2,1-2H3. The fourth-order valence-electron chi connectivity index (χ4n) is 3.24. The van der Waals surface area contributed by atoms with E-state index in [1.807, 2.05) is 60.7 Å². The Balaban J connectivity index is 1.36. The van der Waals surface area contributed by atoms with Gasteiger partial charge in [-0.15, -0.1) is 0 Å². The first kappa shape index (κ1) is 21.3. The molecule has 0 bridgehead atoms. The van der Waals surface area contributed by atoms with Gasteiger partial charge in [0.1, 0.15) is 5.75 Å². The molecule has 0 saturated carbocycles. The van der Waals surface area contributed by atoms with E-state index in [0.717, 1.165) is 30.0 Å². The van der Waals surface area contributed by atoms with E-state index in [1.165, 1.54) is 10.2 Å². The Labute approximate surface area is 186 Å². The fraction of sp³-hybridized carbons (Fsp3) is 0.208. The van der Waals surface area contributed by atoms with Gasteiger partial charge in [0.15, 0.2) is 11.5 Å². The molecule has 8 nitrogen and oxygen atoms in total. The average Bonchev–Trinajstić information content (AvgIpc) is 3.31. The van der Waals surface area contributed by atoms with E-state index >= 15 is 0 Å². The normalized spacial score (nSPS) is 10.7. The first-order valence-electron chi connectivity index (χ1n) is 10.3. The van der Waals surface area contributed by atoms with Gasteiger partial charge < -0.3 is 19.5 Å². The third-order valence-electron chi connectivity index (χ3n) is 4.95. The first-order valence-corrected chi connectivity index (χ1v) is 10.3. The molecule has 164 valence electrons. The van der Waals surface area contributed by atoms with E-state index in [0.29, 0.717) is 18.0 Å². The second-order valence-electron chi connectivity index (χ2n) is 7.07. The molecule has 0 amide bonds. The summed E-state index contributed by atoms with van der Waals surface area (Å²) < 4.78 is 18.2. The third-order valence-corrected chi connectivity index (χ3v) is 4.95. The Morgan fingerprint density at radius 1 is 0.844 bits per heavy atom. The van der Waals surface area contributed by atoms with Crippen LogP contribution in [0.1, 0.15) is 11.1 Å². The highest BCUT2D eigenvalue weighted by molar-refractivity contribution is 5.44. The lowest BCUT2D eigenvalue weighted by atomic mass is 10.1. The summed E-state index contributed by atoms with van der Waals surface area (Å²) in [5.74, 6) is 2.03. The molecule has 1 heterocycles. The van der Waals surface area contributed by atoms with Crippen molar-refractivity contribution >= 4 is 0 Å². The summed E-state index contributed by atoms with van der Waals surface area (Å²) in [4.78, 5) is 0. The van der Waals surface area contributed by atoms with Crippen LogP contribution >= 0.6 is 0 Å². The van der Waals surface area contributed by atoms with Crippen molar-refractivity contribution in [2.24, 2.45) is 0 Å². The van der Waals surface area contributed by atoms with Crippen LogP contribution in [0, 0.1) is 0 Å². The second kappa shape index (κ2) is 10.4. The van der Waals surface area contributed by atoms with E-state index in [4.69, 9.17) is 14.2 Å². The Hall–Kier alpha value is -3.91. The smallest absolute Gasteiger partial charge is 0.346 e. The molecule has 1 aromatic heterocycles. The highest BCUT2D eigenvalue weighted by Crippen LogP contribution is 2.32. The molecule has 0 aliphatic heterocycles. The van der Waals surface area contributed by atoms with Gasteiger partial charge in [-0.1, -0.05) is 41.5 Å². The Morgan fingerprint density at radius 2 is 1.62 bits per heavy atom. The van der Waals surface area contributed by atoms with Crippen molar-refractivity contribution in [1.82, 2.24) is 25.5 Å². The summed E-state index contributed by atoms with van der Waals surface area (Å²) in [6.45, 7) is 1.58. The summed E-state index contributed by atoms with van der Waals surface area (Å²) in [5, 5.41) is 15.2. The predicted octanol–water partition coefficient (Wildman–Crippen LogP) is 3.80. The zero-order valence-corrected chi connectivity index (χ0v) is 18.1. The zero-order valence-electron chi connectivity index (χ0n) is 18.1. The largest absolute Gasteiger partial charge is 0.497 e. The lowest BCUT2D eigenvalue weighted by Gasteiger charge is -2.12. The topological polar surface area (TPSA) is 83.3 Å². The highest BCUT2D eigenvalue weighted by atomic mass is 16.5. The van der Waals surface area contributed by atoms with E-state index < -0.39 is 0 Å². The Kier molecular flexibility index (Phi) is 6.94. The van der Waals surface area contributed by atoms with Gasteiger partial charge in [0.05, 0.1) is 19.9 Å². The number of hydrogen-bond donors (Lipinski definition) is 1. The summed E-state index contributed by atoms with van der Waals surface area (Å²) in [5.41, 5.74) is 3.16. The van der Waals surface area contributed by atoms with Gasteiger partial charge in [0, 0.05) is 6.54 Å². The predicted molar refractivity (Wildman–Crippen MR) is 121 cm³/mol. The monoisotopic (exact) mass is 431 g/mol. The summed E-state index contributed by atoms with van der Waals surface area (Å²) in [6, 6.07) is 23.8. The number of para-hydroxylation sites is 1. The molecule has 0 aliphatic rings. The van der Waals surface area contributed by atoms with Crippen LogP contribution in [-0.4, -0.2) is 41.0 Å². The van der Waals surface area contributed by atoms with Crippen LogP contribution in [0.15, 0.2) is 72.8 Å². The molecule has 8 heteroatoms. The van der Waals surface area contributed by atoms with Gasteiger partial charge in [-0.2, -0.15) is 4.68 Å². The van der Waals surface area contributed by atoms with Crippen LogP contribution in [-0.2, 0) is 13.0 Å². The van der Waals surface area contributed by atoms with Gasteiger partial charge >= 0.3 is 6.01 Å². The minimum Gasteiger partial charge on any atom is -0.497 e. The lowest BCUT2D eigenvalue weighted by molar-refractivity contribution is 0.362. The molecular weight excluding hydrogens is 406 g/mol. The SMILES string of the molecule is COc1ccc(CCNCc2ccc(Oc3nnnn3-c3ccccc3)c(OC)c2)cc1. The van der Waals surface area contributed by atoms with E-state index in [1.54, 1.807) is 14.2 Å². The van der Waals surface area contributed by atoms with Crippen LogP contribution < -0.4 is 19.5 Å². The molecule has 0 unspecified atom stereocenters. The number of benzene rings is 3. The molecular formula is C24H25N5O3. The van der Waals surface area contributed by atoms with E-state index in [2.05, 4.69) is 33.0 Å². The molecule has 0 atom stereocenters. The maximum absolute atomic E-state index is 5.95. The fourth-order valence-corrected chi connectivity index (χ4v) is 3.24. The van der Waals surface area contributed by atoms with Gasteiger partial charge in [0.25, 0.3) is 0 Å². The van der Waals surface area contributed by atoms with Gasteiger partial charge in [-0.25, -0.2) is 0 Å². The van der Waals surface area contributed by atoms with Crippen LogP contribution in [0.2, 0.25) is 0 Å². The highest BCUT2D eigenvalue weighted by Gasteiger charge is 2.14. The molecule has 32 heavy (non-hydrogen) atoms. The molecule has 0 spiro atoms. The van der Waals surface area contributed by atoms with Crippen molar-refractivity contribution in [3.63, 3.8) is 0 Å². The molecule has 0 radical (unpaired) electrons. The number of tetrazole rings is 1. The van der Waals surface area contributed by atoms with Crippen LogP contribution in [0.3, 0.4) is 0 Å². The molecule has 3 aromatic carbocycles. The van der Waals surface area contributed by atoms with Crippen LogP contribution in [0.4, 0.5) is 0 Å². The molecule has 0 fully saturated rings. The molecule has 0 saturated heterocycles. The summed E-state index contributed by atoms with van der Waals surface area (Å²) >= 11 is 0. The van der Waals surface area contributed by atoms with E-state index in [9.17, 15) is 0 Å². The zero-order chi connectivity index (χ0) is 22.2. The number of aromatic nitrogens is 4. The second-order valence-corrected chi connectivity index (χ2v) is 7.07. The van der Waals surface area contributed by atoms with Crippen molar-refractivity contribution in [3.05, 3.63) is 83.9 Å². The number of nitrogens with one attached hydrogen (secondary N) is 1. The number of methoxy groups -OCH3 is 2. The molecule has 4 aromatic rings. The average molecular weight is 431 g/mol. The number of nitrogens with zero attached hydrogens (tertiary/aromatic N) is 4. The molecule has 4 rings (SSSR count). The number of rotatable bonds is 10. The molecule has 0 aliphatic carbocycles. The lowest BCUT2D eigenvalue weighted by Crippen LogP contribution is -2.16. The quantitative estimate of drug-likeness (QED) is 0.382. The Bertz CT molecular complexity index is 1130. The van der Waals surface area contributed by atoms with Crippen molar-refractivity contribution in [2.45, 2.75) is 13.0 Å². The van der Waals surface area contributed by atoms with E-state index in [-0.39, 0.29) is 6.01 Å². The Morgan fingerprint density at radius 3 is 2.38 bits per heavy atom. The van der Waals surface area contributed by atoms with Gasteiger partial charge in [-0.05, 0) is 70.9 Å². The van der Waals surface area contributed by atoms with Gasteiger partial charge in [-0.3, -0.25) is 0 Å². The molecule has 1 N–H and O–H groups in total. The van der Waals surface area contributed by atoms with Crippen molar-refractivity contribution < 1.29 is 14.2 Å². The van der Waals surface area contributed by atoms with Crippen molar-refractivity contribution in [3.8, 4) is 28.9 Å². The maximum atomic E-state index is 5.95.